The molecule has 0 saturated carbocycles. The van der Waals surface area contributed by atoms with Gasteiger partial charge in [0.1, 0.15) is 12.4 Å². The van der Waals surface area contributed by atoms with Crippen LogP contribution in [0.2, 0.25) is 0 Å². The predicted octanol–water partition coefficient (Wildman–Crippen LogP) is 3.93. The summed E-state index contributed by atoms with van der Waals surface area (Å²) in [4.78, 5) is 11.6. The topological polar surface area (TPSA) is 35.5 Å². The number of esters is 1. The van der Waals surface area contributed by atoms with Gasteiger partial charge in [0.15, 0.2) is 0 Å². The van der Waals surface area contributed by atoms with Gasteiger partial charge in [0.25, 0.3) is 0 Å². The second-order valence-electron chi connectivity index (χ2n) is 5.51. The van der Waals surface area contributed by atoms with Crippen molar-refractivity contribution >= 4 is 5.97 Å². The van der Waals surface area contributed by atoms with Gasteiger partial charge in [-0.15, -0.1) is 0 Å². The van der Waals surface area contributed by atoms with Crippen molar-refractivity contribution in [2.24, 2.45) is 5.92 Å². The van der Waals surface area contributed by atoms with Crippen LogP contribution in [0.4, 0.5) is 0 Å². The van der Waals surface area contributed by atoms with Crippen molar-refractivity contribution in [2.75, 3.05) is 7.11 Å². The van der Waals surface area contributed by atoms with Gasteiger partial charge in [0, 0.05) is 0 Å². The van der Waals surface area contributed by atoms with Crippen molar-refractivity contribution in [3.05, 3.63) is 65.2 Å². The van der Waals surface area contributed by atoms with E-state index in [0.29, 0.717) is 13.0 Å². The van der Waals surface area contributed by atoms with Crippen LogP contribution in [-0.2, 0) is 22.6 Å². The minimum absolute atomic E-state index is 0.188. The SMILES string of the molecule is COC(=O)[C@@H](C)Cc1ccc(C)cc1OCc1ccccc1. The van der Waals surface area contributed by atoms with Gasteiger partial charge in [-0.25, -0.2) is 0 Å². The summed E-state index contributed by atoms with van der Waals surface area (Å²) in [7, 11) is 1.42. The molecule has 0 aliphatic rings. The molecule has 0 aliphatic heterocycles. The third-order valence-corrected chi connectivity index (χ3v) is 3.59. The molecule has 22 heavy (non-hydrogen) atoms. The molecule has 3 heteroatoms. The van der Waals surface area contributed by atoms with E-state index in [1.54, 1.807) is 0 Å². The molecule has 0 N–H and O–H groups in total. The van der Waals surface area contributed by atoms with Gasteiger partial charge in [-0.2, -0.15) is 0 Å². The summed E-state index contributed by atoms with van der Waals surface area (Å²) in [5, 5.41) is 0. The van der Waals surface area contributed by atoms with E-state index in [9.17, 15) is 4.79 Å². The Labute approximate surface area is 131 Å². The van der Waals surface area contributed by atoms with Crippen molar-refractivity contribution in [1.29, 1.82) is 0 Å². The molecule has 0 fully saturated rings. The molecule has 0 amide bonds. The highest BCUT2D eigenvalue weighted by Crippen LogP contribution is 2.24. The summed E-state index contributed by atoms with van der Waals surface area (Å²) in [5.74, 6) is 0.445. The first-order valence-electron chi connectivity index (χ1n) is 7.44. The van der Waals surface area contributed by atoms with E-state index in [2.05, 4.69) is 0 Å². The summed E-state index contributed by atoms with van der Waals surface area (Å²) >= 11 is 0. The number of ether oxygens (including phenoxy) is 2. The van der Waals surface area contributed by atoms with E-state index in [0.717, 1.165) is 22.4 Å². The Balaban J connectivity index is 2.12. The quantitative estimate of drug-likeness (QED) is 0.758. The predicted molar refractivity (Wildman–Crippen MR) is 86.8 cm³/mol. The second kappa shape index (κ2) is 7.64. The Morgan fingerprint density at radius 1 is 1.14 bits per heavy atom. The van der Waals surface area contributed by atoms with Crippen LogP contribution >= 0.6 is 0 Å². The number of rotatable bonds is 6. The molecule has 3 nitrogen and oxygen atoms in total. The molecule has 0 heterocycles. The van der Waals surface area contributed by atoms with Crippen molar-refractivity contribution in [3.8, 4) is 5.75 Å². The molecule has 2 aromatic carbocycles. The van der Waals surface area contributed by atoms with Crippen LogP contribution in [0.15, 0.2) is 48.5 Å². The lowest BCUT2D eigenvalue weighted by Crippen LogP contribution is -2.15. The van der Waals surface area contributed by atoms with Gasteiger partial charge in [0.05, 0.1) is 13.0 Å². The van der Waals surface area contributed by atoms with Crippen LogP contribution < -0.4 is 4.74 Å². The third-order valence-electron chi connectivity index (χ3n) is 3.59. The number of hydrogen-bond acceptors (Lipinski definition) is 3. The zero-order valence-corrected chi connectivity index (χ0v) is 13.3. The summed E-state index contributed by atoms with van der Waals surface area (Å²) in [6.07, 6.45) is 0.608. The molecule has 0 radical (unpaired) electrons. The molecule has 116 valence electrons. The first-order chi connectivity index (χ1) is 10.6. The molecule has 0 aromatic heterocycles. The van der Waals surface area contributed by atoms with E-state index in [1.807, 2.05) is 62.4 Å². The maximum Gasteiger partial charge on any atom is 0.308 e. The summed E-state index contributed by atoms with van der Waals surface area (Å²) in [5.41, 5.74) is 3.29. The highest BCUT2D eigenvalue weighted by Gasteiger charge is 2.16. The van der Waals surface area contributed by atoms with E-state index < -0.39 is 0 Å². The molecule has 0 saturated heterocycles. The monoisotopic (exact) mass is 298 g/mol. The number of hydrogen-bond donors (Lipinski definition) is 0. The summed E-state index contributed by atoms with van der Waals surface area (Å²) in [6, 6.07) is 16.1. The smallest absolute Gasteiger partial charge is 0.308 e. The van der Waals surface area contributed by atoms with Gasteiger partial charge >= 0.3 is 5.97 Å². The van der Waals surface area contributed by atoms with Crippen LogP contribution in [0.5, 0.6) is 5.75 Å². The van der Waals surface area contributed by atoms with Gasteiger partial charge in [-0.05, 0) is 36.1 Å². The Morgan fingerprint density at radius 2 is 1.86 bits per heavy atom. The van der Waals surface area contributed by atoms with Gasteiger partial charge in [0.2, 0.25) is 0 Å². The molecule has 0 unspecified atom stereocenters. The standard InChI is InChI=1S/C19H22O3/c1-14-9-10-17(12-15(2)19(20)21-3)18(11-14)22-13-16-7-5-4-6-8-16/h4-11,15H,12-13H2,1-3H3/t15-/m0/s1. The van der Waals surface area contributed by atoms with Crippen LogP contribution in [-0.4, -0.2) is 13.1 Å². The Kier molecular flexibility index (Phi) is 5.59. The summed E-state index contributed by atoms with van der Waals surface area (Å²) < 4.78 is 10.8. The molecular weight excluding hydrogens is 276 g/mol. The highest BCUT2D eigenvalue weighted by atomic mass is 16.5. The minimum atomic E-state index is -0.199. The average molecular weight is 298 g/mol. The van der Waals surface area contributed by atoms with Crippen LogP contribution in [0.25, 0.3) is 0 Å². The van der Waals surface area contributed by atoms with Gasteiger partial charge in [-0.1, -0.05) is 49.4 Å². The fourth-order valence-electron chi connectivity index (χ4n) is 2.31. The molecule has 2 rings (SSSR count). The normalized spacial score (nSPS) is 11.8. The number of benzene rings is 2. The van der Waals surface area contributed by atoms with Gasteiger partial charge in [-0.3, -0.25) is 4.79 Å². The van der Waals surface area contributed by atoms with Gasteiger partial charge < -0.3 is 9.47 Å². The lowest BCUT2D eigenvalue weighted by Gasteiger charge is -2.15. The lowest BCUT2D eigenvalue weighted by molar-refractivity contribution is -0.144. The van der Waals surface area contributed by atoms with Crippen molar-refractivity contribution in [2.45, 2.75) is 26.9 Å². The Bertz CT molecular complexity index is 620. The third kappa shape index (κ3) is 4.35. The first kappa shape index (κ1) is 16.1. The minimum Gasteiger partial charge on any atom is -0.489 e. The molecule has 0 spiro atoms. The molecule has 0 aliphatic carbocycles. The van der Waals surface area contributed by atoms with Crippen molar-refractivity contribution in [1.82, 2.24) is 0 Å². The zero-order chi connectivity index (χ0) is 15.9. The fourth-order valence-corrected chi connectivity index (χ4v) is 2.31. The van der Waals surface area contributed by atoms with E-state index in [4.69, 9.17) is 9.47 Å². The zero-order valence-electron chi connectivity index (χ0n) is 13.3. The average Bonchev–Trinajstić information content (AvgIpc) is 2.55. The Hall–Kier alpha value is -2.29. The van der Waals surface area contributed by atoms with E-state index in [1.165, 1.54) is 7.11 Å². The largest absolute Gasteiger partial charge is 0.489 e. The van der Waals surface area contributed by atoms with Crippen LogP contribution in [0.1, 0.15) is 23.6 Å². The van der Waals surface area contributed by atoms with E-state index >= 15 is 0 Å². The summed E-state index contributed by atoms with van der Waals surface area (Å²) in [6.45, 7) is 4.42. The van der Waals surface area contributed by atoms with E-state index in [-0.39, 0.29) is 11.9 Å². The first-order valence-corrected chi connectivity index (χ1v) is 7.44. The number of carbonyl (C=O) groups is 1. The molecular formula is C19H22O3. The Morgan fingerprint density at radius 3 is 2.55 bits per heavy atom. The maximum atomic E-state index is 11.6. The highest BCUT2D eigenvalue weighted by molar-refractivity contribution is 5.72. The number of carbonyl (C=O) groups excluding carboxylic acids is 1. The van der Waals surface area contributed by atoms with Crippen LogP contribution in [0.3, 0.4) is 0 Å². The fraction of sp³-hybridized carbons (Fsp3) is 0.316. The number of aryl methyl sites for hydroxylation is 1. The lowest BCUT2D eigenvalue weighted by atomic mass is 9.99. The molecule has 1 atom stereocenters. The second-order valence-corrected chi connectivity index (χ2v) is 5.51. The molecule has 2 aromatic rings. The maximum absolute atomic E-state index is 11.6. The van der Waals surface area contributed by atoms with Crippen molar-refractivity contribution in [3.63, 3.8) is 0 Å². The van der Waals surface area contributed by atoms with Crippen molar-refractivity contribution < 1.29 is 14.3 Å². The number of methoxy groups -OCH3 is 1. The molecule has 0 bridgehead atoms. The van der Waals surface area contributed by atoms with Crippen LogP contribution in [0, 0.1) is 12.8 Å².